The summed E-state index contributed by atoms with van der Waals surface area (Å²) >= 11 is 0. The number of hydrogen-bond donors (Lipinski definition) is 2. The molecule has 2 fully saturated rings. The van der Waals surface area contributed by atoms with Crippen LogP contribution >= 0.6 is 0 Å². The molecule has 3 atom stereocenters. The van der Waals surface area contributed by atoms with Crippen LogP contribution in [0.1, 0.15) is 58.3 Å². The lowest BCUT2D eigenvalue weighted by molar-refractivity contribution is -0.144. The van der Waals surface area contributed by atoms with E-state index in [2.05, 4.69) is 12.2 Å². The Hall–Kier alpha value is -1.10. The number of carboxylic acids is 1. The van der Waals surface area contributed by atoms with E-state index >= 15 is 0 Å². The van der Waals surface area contributed by atoms with Crippen molar-refractivity contribution in [3.63, 3.8) is 0 Å². The van der Waals surface area contributed by atoms with Crippen LogP contribution in [0.4, 0.5) is 0 Å². The van der Waals surface area contributed by atoms with E-state index in [0.29, 0.717) is 18.9 Å². The molecule has 1 aliphatic heterocycles. The maximum absolute atomic E-state index is 12.3. The summed E-state index contributed by atoms with van der Waals surface area (Å²) in [6.45, 7) is 3.13. The van der Waals surface area contributed by atoms with E-state index in [-0.39, 0.29) is 18.5 Å². The van der Waals surface area contributed by atoms with Crippen LogP contribution in [0.15, 0.2) is 0 Å². The molecule has 5 nitrogen and oxygen atoms in total. The van der Waals surface area contributed by atoms with Gasteiger partial charge in [0.05, 0.1) is 6.54 Å². The van der Waals surface area contributed by atoms with Gasteiger partial charge in [-0.15, -0.1) is 0 Å². The number of rotatable bonds is 4. The summed E-state index contributed by atoms with van der Waals surface area (Å²) in [6, 6.07) is -0.233. The van der Waals surface area contributed by atoms with Gasteiger partial charge >= 0.3 is 5.97 Å². The SMILES string of the molecule is CC1CCCCC1NC(=O)CN1CCCCCC1C(=O)O. The van der Waals surface area contributed by atoms with Crippen LogP contribution in [0.25, 0.3) is 0 Å². The molecule has 21 heavy (non-hydrogen) atoms. The smallest absolute Gasteiger partial charge is 0.320 e. The number of carbonyl (C=O) groups is 2. The molecule has 0 bridgehead atoms. The lowest BCUT2D eigenvalue weighted by atomic mass is 9.86. The van der Waals surface area contributed by atoms with Crippen LogP contribution in [0.3, 0.4) is 0 Å². The van der Waals surface area contributed by atoms with Crippen molar-refractivity contribution in [1.82, 2.24) is 10.2 Å². The quantitative estimate of drug-likeness (QED) is 0.832. The first-order chi connectivity index (χ1) is 10.1. The average Bonchev–Trinajstić information content (AvgIpc) is 2.67. The van der Waals surface area contributed by atoms with Gasteiger partial charge in [-0.05, 0) is 38.1 Å². The Morgan fingerprint density at radius 3 is 2.52 bits per heavy atom. The molecule has 0 spiro atoms. The standard InChI is InChI=1S/C16H28N2O3/c1-12-7-4-5-8-13(12)17-15(19)11-18-10-6-2-3-9-14(18)16(20)21/h12-14H,2-11H2,1H3,(H,17,19)(H,20,21). The topological polar surface area (TPSA) is 69.6 Å². The van der Waals surface area contributed by atoms with E-state index in [0.717, 1.165) is 25.7 Å². The molecule has 1 heterocycles. The summed E-state index contributed by atoms with van der Waals surface area (Å²) in [4.78, 5) is 25.5. The number of amides is 1. The molecule has 2 N–H and O–H groups in total. The Labute approximate surface area is 127 Å². The number of aliphatic carboxylic acids is 1. The van der Waals surface area contributed by atoms with Gasteiger partial charge in [0.1, 0.15) is 6.04 Å². The van der Waals surface area contributed by atoms with Crippen LogP contribution in [-0.2, 0) is 9.59 Å². The predicted octanol–water partition coefficient (Wildman–Crippen LogP) is 2.01. The molecule has 3 unspecified atom stereocenters. The molecule has 1 saturated carbocycles. The van der Waals surface area contributed by atoms with Crippen molar-refractivity contribution in [2.45, 2.75) is 70.4 Å². The van der Waals surface area contributed by atoms with Gasteiger partial charge in [0.2, 0.25) is 5.91 Å². The minimum atomic E-state index is -0.796. The molecule has 1 aliphatic carbocycles. The van der Waals surface area contributed by atoms with E-state index in [1.807, 2.05) is 4.90 Å². The first-order valence-corrected chi connectivity index (χ1v) is 8.34. The first-order valence-electron chi connectivity index (χ1n) is 8.34. The van der Waals surface area contributed by atoms with Crippen molar-refractivity contribution in [3.05, 3.63) is 0 Å². The van der Waals surface area contributed by atoms with Gasteiger partial charge in [-0.3, -0.25) is 14.5 Å². The van der Waals surface area contributed by atoms with Gasteiger partial charge in [0.15, 0.2) is 0 Å². The fourth-order valence-electron chi connectivity index (χ4n) is 3.60. The van der Waals surface area contributed by atoms with E-state index in [1.165, 1.54) is 19.3 Å². The molecule has 0 aromatic heterocycles. The molecule has 120 valence electrons. The van der Waals surface area contributed by atoms with Crippen molar-refractivity contribution >= 4 is 11.9 Å². The van der Waals surface area contributed by atoms with E-state index in [4.69, 9.17) is 0 Å². The summed E-state index contributed by atoms with van der Waals surface area (Å²) in [6.07, 6.45) is 8.29. The fraction of sp³-hybridized carbons (Fsp3) is 0.875. The molecule has 5 heteroatoms. The lowest BCUT2D eigenvalue weighted by Crippen LogP contribution is -2.49. The van der Waals surface area contributed by atoms with Gasteiger partial charge in [-0.1, -0.05) is 32.6 Å². The van der Waals surface area contributed by atoms with Crippen molar-refractivity contribution < 1.29 is 14.7 Å². The van der Waals surface area contributed by atoms with Gasteiger partial charge in [-0.2, -0.15) is 0 Å². The van der Waals surface area contributed by atoms with Gasteiger partial charge in [0, 0.05) is 6.04 Å². The molecule has 1 amide bonds. The minimum Gasteiger partial charge on any atom is -0.480 e. The van der Waals surface area contributed by atoms with Crippen molar-refractivity contribution in [2.24, 2.45) is 5.92 Å². The van der Waals surface area contributed by atoms with E-state index in [9.17, 15) is 14.7 Å². The maximum atomic E-state index is 12.3. The predicted molar refractivity (Wildman–Crippen MR) is 81.0 cm³/mol. The largest absolute Gasteiger partial charge is 0.480 e. The number of carboxylic acid groups (broad SMARTS) is 1. The monoisotopic (exact) mass is 296 g/mol. The first kappa shape index (κ1) is 16.3. The van der Waals surface area contributed by atoms with Crippen molar-refractivity contribution in [3.8, 4) is 0 Å². The zero-order chi connectivity index (χ0) is 15.2. The highest BCUT2D eigenvalue weighted by atomic mass is 16.4. The summed E-state index contributed by atoms with van der Waals surface area (Å²) in [5.74, 6) is -0.278. The molecular formula is C16H28N2O3. The van der Waals surface area contributed by atoms with Crippen LogP contribution < -0.4 is 5.32 Å². The van der Waals surface area contributed by atoms with Crippen molar-refractivity contribution in [1.29, 1.82) is 0 Å². The highest BCUT2D eigenvalue weighted by Crippen LogP contribution is 2.24. The second-order valence-corrected chi connectivity index (χ2v) is 6.61. The third-order valence-corrected chi connectivity index (χ3v) is 4.95. The Balaban J connectivity index is 1.88. The lowest BCUT2D eigenvalue weighted by Gasteiger charge is -2.31. The third-order valence-electron chi connectivity index (χ3n) is 4.95. The number of nitrogens with one attached hydrogen (secondary N) is 1. The Morgan fingerprint density at radius 2 is 1.81 bits per heavy atom. The number of likely N-dealkylation sites (tertiary alicyclic amines) is 1. The Kier molecular flexibility index (Phi) is 6.03. The van der Waals surface area contributed by atoms with E-state index in [1.54, 1.807) is 0 Å². The zero-order valence-electron chi connectivity index (χ0n) is 13.0. The number of carbonyl (C=O) groups excluding carboxylic acids is 1. The second-order valence-electron chi connectivity index (χ2n) is 6.61. The number of hydrogen-bond acceptors (Lipinski definition) is 3. The van der Waals surface area contributed by atoms with Crippen LogP contribution in [0.2, 0.25) is 0 Å². The summed E-state index contributed by atoms with van der Waals surface area (Å²) in [5.41, 5.74) is 0. The summed E-state index contributed by atoms with van der Waals surface area (Å²) < 4.78 is 0. The van der Waals surface area contributed by atoms with Crippen molar-refractivity contribution in [2.75, 3.05) is 13.1 Å². The molecule has 0 radical (unpaired) electrons. The highest BCUT2D eigenvalue weighted by molar-refractivity contribution is 5.80. The zero-order valence-corrected chi connectivity index (χ0v) is 13.0. The highest BCUT2D eigenvalue weighted by Gasteiger charge is 2.29. The fourth-order valence-corrected chi connectivity index (χ4v) is 3.60. The Bertz CT molecular complexity index is 373. The van der Waals surface area contributed by atoms with E-state index < -0.39 is 12.0 Å². The van der Waals surface area contributed by atoms with Gasteiger partial charge in [0.25, 0.3) is 0 Å². The molecule has 2 aliphatic rings. The minimum absolute atomic E-state index is 0.0121. The average molecular weight is 296 g/mol. The summed E-state index contributed by atoms with van der Waals surface area (Å²) in [7, 11) is 0. The molecule has 0 aromatic carbocycles. The van der Waals surface area contributed by atoms with Gasteiger partial charge in [-0.25, -0.2) is 0 Å². The molecule has 2 rings (SSSR count). The van der Waals surface area contributed by atoms with Gasteiger partial charge < -0.3 is 10.4 Å². The van der Waals surface area contributed by atoms with Crippen LogP contribution in [0, 0.1) is 5.92 Å². The normalized spacial score (nSPS) is 31.4. The third kappa shape index (κ3) is 4.70. The number of nitrogens with zero attached hydrogens (tertiary/aromatic N) is 1. The molecule has 0 aromatic rings. The molecular weight excluding hydrogens is 268 g/mol. The maximum Gasteiger partial charge on any atom is 0.320 e. The molecule has 1 saturated heterocycles. The summed E-state index contributed by atoms with van der Waals surface area (Å²) in [5, 5.41) is 12.5. The van der Waals surface area contributed by atoms with Crippen LogP contribution in [0.5, 0.6) is 0 Å². The van der Waals surface area contributed by atoms with Crippen LogP contribution in [-0.4, -0.2) is 47.1 Å². The Morgan fingerprint density at radius 1 is 1.10 bits per heavy atom. The second kappa shape index (κ2) is 7.78.